The predicted molar refractivity (Wildman–Crippen MR) is 96.5 cm³/mol. The van der Waals surface area contributed by atoms with E-state index >= 15 is 0 Å². The van der Waals surface area contributed by atoms with Crippen molar-refractivity contribution in [1.82, 2.24) is 10.2 Å². The molecule has 24 heavy (non-hydrogen) atoms. The van der Waals surface area contributed by atoms with Crippen LogP contribution in [0.15, 0.2) is 12.1 Å². The molecule has 0 aliphatic rings. The summed E-state index contributed by atoms with van der Waals surface area (Å²) < 4.78 is 10.5. The molecule has 8 heteroatoms. The van der Waals surface area contributed by atoms with Crippen LogP contribution in [-0.2, 0) is 4.79 Å². The second-order valence-corrected chi connectivity index (χ2v) is 5.40. The molecule has 1 aromatic carbocycles. The van der Waals surface area contributed by atoms with E-state index in [4.69, 9.17) is 9.47 Å². The number of nitrogens with zero attached hydrogens (tertiary/aromatic N) is 1. The van der Waals surface area contributed by atoms with Gasteiger partial charge in [0.2, 0.25) is 5.91 Å². The maximum atomic E-state index is 12.4. The van der Waals surface area contributed by atoms with Gasteiger partial charge in [0.05, 0.1) is 25.5 Å². The van der Waals surface area contributed by atoms with Crippen molar-refractivity contribution >= 4 is 29.9 Å². The van der Waals surface area contributed by atoms with Gasteiger partial charge in [-0.25, -0.2) is 0 Å². The van der Waals surface area contributed by atoms with Gasteiger partial charge in [-0.1, -0.05) is 6.92 Å². The molecule has 1 rings (SSSR count). The predicted octanol–water partition coefficient (Wildman–Crippen LogP) is 1.62. The Labute approximate surface area is 149 Å². The zero-order valence-corrected chi connectivity index (χ0v) is 15.7. The second kappa shape index (κ2) is 10.00. The first-order chi connectivity index (χ1) is 10.8. The van der Waals surface area contributed by atoms with Crippen molar-refractivity contribution in [1.29, 1.82) is 0 Å². The summed E-state index contributed by atoms with van der Waals surface area (Å²) in [5, 5.41) is 5.74. The lowest BCUT2D eigenvalue weighted by Gasteiger charge is -2.19. The van der Waals surface area contributed by atoms with Crippen molar-refractivity contribution in [3.8, 4) is 11.5 Å². The summed E-state index contributed by atoms with van der Waals surface area (Å²) in [6.45, 7) is 2.34. The maximum Gasteiger partial charge on any atom is 0.255 e. The molecule has 1 atom stereocenters. The average molecular weight is 360 g/mol. The molecule has 0 bridgehead atoms. The summed E-state index contributed by atoms with van der Waals surface area (Å²) in [6.07, 6.45) is 0. The number of nitrogens with one attached hydrogen (secondary N) is 2. The molecule has 0 fully saturated rings. The number of hydrogen-bond acceptors (Lipinski definition) is 5. The van der Waals surface area contributed by atoms with Crippen molar-refractivity contribution < 1.29 is 19.1 Å². The van der Waals surface area contributed by atoms with E-state index < -0.39 is 0 Å². The van der Waals surface area contributed by atoms with E-state index in [0.29, 0.717) is 29.3 Å². The topological polar surface area (TPSA) is 79.9 Å². The van der Waals surface area contributed by atoms with Crippen LogP contribution in [0.3, 0.4) is 0 Å². The fraction of sp³-hybridized carbons (Fsp3) is 0.500. The Morgan fingerprint density at radius 3 is 2.17 bits per heavy atom. The molecule has 0 saturated heterocycles. The van der Waals surface area contributed by atoms with Gasteiger partial charge in [-0.05, 0) is 13.1 Å². The minimum Gasteiger partial charge on any atom is -0.493 e. The number of rotatable bonds is 7. The summed E-state index contributed by atoms with van der Waals surface area (Å²) in [6, 6.07) is 3.17. The molecule has 0 aromatic heterocycles. The molecule has 0 aliphatic carbocycles. The highest BCUT2D eigenvalue weighted by molar-refractivity contribution is 6.04. The number of methoxy groups -OCH3 is 2. The first kappa shape index (κ1) is 22.0. The van der Waals surface area contributed by atoms with Crippen LogP contribution < -0.4 is 20.1 Å². The van der Waals surface area contributed by atoms with Gasteiger partial charge in [0.25, 0.3) is 5.91 Å². The number of carbonyl (C=O) groups is 2. The molecular weight excluding hydrogens is 334 g/mol. The largest absolute Gasteiger partial charge is 0.493 e. The second-order valence-electron chi connectivity index (χ2n) is 5.40. The molecule has 0 heterocycles. The Morgan fingerprint density at radius 1 is 1.17 bits per heavy atom. The van der Waals surface area contributed by atoms with E-state index in [9.17, 15) is 9.59 Å². The van der Waals surface area contributed by atoms with Crippen molar-refractivity contribution in [2.45, 2.75) is 6.92 Å². The molecule has 2 N–H and O–H groups in total. The SMILES string of the molecule is CNCC(C)C(=O)Nc1cc(OC)c(OC)cc1C(=O)N(C)C.Cl. The van der Waals surface area contributed by atoms with E-state index in [-0.39, 0.29) is 30.1 Å². The Balaban J connectivity index is 0.00000529. The lowest BCUT2D eigenvalue weighted by atomic mass is 10.1. The maximum absolute atomic E-state index is 12.4. The molecule has 0 radical (unpaired) electrons. The first-order valence-corrected chi connectivity index (χ1v) is 7.28. The van der Waals surface area contributed by atoms with Gasteiger partial charge in [0.1, 0.15) is 0 Å². The van der Waals surface area contributed by atoms with E-state index in [0.717, 1.165) is 0 Å². The number of carbonyl (C=O) groups excluding carboxylic acids is 2. The molecule has 7 nitrogen and oxygen atoms in total. The van der Waals surface area contributed by atoms with Crippen molar-refractivity contribution in [3.63, 3.8) is 0 Å². The Kier molecular flexibility index (Phi) is 9.17. The minimum absolute atomic E-state index is 0. The van der Waals surface area contributed by atoms with Crippen LogP contribution >= 0.6 is 12.4 Å². The molecule has 1 aromatic rings. The molecule has 0 saturated carbocycles. The van der Waals surface area contributed by atoms with Crippen LogP contribution in [0.5, 0.6) is 11.5 Å². The van der Waals surface area contributed by atoms with Crippen molar-refractivity contribution in [2.24, 2.45) is 5.92 Å². The normalized spacial score (nSPS) is 11.1. The lowest BCUT2D eigenvalue weighted by Crippen LogP contribution is -2.30. The van der Waals surface area contributed by atoms with Crippen molar-refractivity contribution in [3.05, 3.63) is 17.7 Å². The van der Waals surface area contributed by atoms with Crippen LogP contribution in [0, 0.1) is 5.92 Å². The number of ether oxygens (including phenoxy) is 2. The van der Waals surface area contributed by atoms with E-state index in [1.165, 1.54) is 19.1 Å². The van der Waals surface area contributed by atoms with Crippen LogP contribution in [0.25, 0.3) is 0 Å². The standard InChI is InChI=1S/C16H25N3O4.ClH/c1-10(9-17-2)15(20)18-12-8-14(23-6)13(22-5)7-11(12)16(21)19(3)4;/h7-8,10,17H,9H2,1-6H3,(H,18,20);1H. The summed E-state index contributed by atoms with van der Waals surface area (Å²) >= 11 is 0. The number of benzene rings is 1. The summed E-state index contributed by atoms with van der Waals surface area (Å²) in [5.41, 5.74) is 0.743. The van der Waals surface area contributed by atoms with Gasteiger partial charge < -0.3 is 25.0 Å². The Hall–Kier alpha value is -1.99. The van der Waals surface area contributed by atoms with Gasteiger partial charge >= 0.3 is 0 Å². The fourth-order valence-corrected chi connectivity index (χ4v) is 2.06. The van der Waals surface area contributed by atoms with Crippen molar-refractivity contribution in [2.75, 3.05) is 47.2 Å². The fourth-order valence-electron chi connectivity index (χ4n) is 2.06. The zero-order valence-electron chi connectivity index (χ0n) is 14.9. The number of amides is 2. The quantitative estimate of drug-likeness (QED) is 0.773. The third-order valence-electron chi connectivity index (χ3n) is 3.38. The van der Waals surface area contributed by atoms with Crippen LogP contribution in [0.4, 0.5) is 5.69 Å². The van der Waals surface area contributed by atoms with Gasteiger partial charge in [0, 0.05) is 32.6 Å². The zero-order chi connectivity index (χ0) is 17.6. The van der Waals surface area contributed by atoms with Crippen LogP contribution in [0.2, 0.25) is 0 Å². The highest BCUT2D eigenvalue weighted by Gasteiger charge is 2.21. The molecule has 1 unspecified atom stereocenters. The van der Waals surface area contributed by atoms with Crippen LogP contribution in [0.1, 0.15) is 17.3 Å². The number of hydrogen-bond donors (Lipinski definition) is 2. The first-order valence-electron chi connectivity index (χ1n) is 7.28. The molecular formula is C16H26ClN3O4. The molecule has 0 spiro atoms. The van der Waals surface area contributed by atoms with Gasteiger partial charge in [-0.15, -0.1) is 12.4 Å². The monoisotopic (exact) mass is 359 g/mol. The molecule has 0 aliphatic heterocycles. The Bertz CT molecular complexity index is 579. The van der Waals surface area contributed by atoms with E-state index in [2.05, 4.69) is 10.6 Å². The summed E-state index contributed by atoms with van der Waals surface area (Å²) in [4.78, 5) is 26.1. The van der Waals surface area contributed by atoms with Gasteiger partial charge in [-0.3, -0.25) is 9.59 Å². The molecule has 2 amide bonds. The minimum atomic E-state index is -0.240. The third kappa shape index (κ3) is 5.28. The average Bonchev–Trinajstić information content (AvgIpc) is 2.53. The van der Waals surface area contributed by atoms with Crippen LogP contribution in [-0.4, -0.2) is 58.6 Å². The number of anilines is 1. The third-order valence-corrected chi connectivity index (χ3v) is 3.38. The Morgan fingerprint density at radius 2 is 1.71 bits per heavy atom. The van der Waals surface area contributed by atoms with Gasteiger partial charge in [-0.2, -0.15) is 0 Å². The number of halogens is 1. The lowest BCUT2D eigenvalue weighted by molar-refractivity contribution is -0.119. The summed E-state index contributed by atoms with van der Waals surface area (Å²) in [7, 11) is 8.07. The highest BCUT2D eigenvalue weighted by Crippen LogP contribution is 2.34. The smallest absolute Gasteiger partial charge is 0.255 e. The van der Waals surface area contributed by atoms with E-state index in [1.54, 1.807) is 40.2 Å². The van der Waals surface area contributed by atoms with Gasteiger partial charge in [0.15, 0.2) is 11.5 Å². The molecule has 136 valence electrons. The highest BCUT2D eigenvalue weighted by atomic mass is 35.5. The van der Waals surface area contributed by atoms with E-state index in [1.807, 2.05) is 0 Å². The summed E-state index contributed by atoms with van der Waals surface area (Å²) in [5.74, 6) is 0.218.